The molecule has 0 bridgehead atoms. The minimum atomic E-state index is -0.578. The molecule has 1 fully saturated rings. The lowest BCUT2D eigenvalue weighted by Gasteiger charge is -2.32. The number of carbonyl (C=O) groups is 2. The van der Waals surface area contributed by atoms with Crippen LogP contribution in [0.15, 0.2) is 78.9 Å². The number of benzene rings is 3. The van der Waals surface area contributed by atoms with Crippen LogP contribution in [0.3, 0.4) is 0 Å². The lowest BCUT2D eigenvalue weighted by atomic mass is 10.0. The van der Waals surface area contributed by atoms with Gasteiger partial charge in [-0.2, -0.15) is 0 Å². The molecule has 0 heterocycles. The van der Waals surface area contributed by atoms with Gasteiger partial charge in [0.05, 0.1) is 5.75 Å². The van der Waals surface area contributed by atoms with Gasteiger partial charge in [-0.25, -0.2) is 0 Å². The fourth-order valence-corrected chi connectivity index (χ4v) is 5.81. The first kappa shape index (κ1) is 27.3. The number of nitrogens with one attached hydrogen (secondary N) is 1. The third-order valence-electron chi connectivity index (χ3n) is 6.98. The molecule has 0 radical (unpaired) electrons. The second-order valence-electron chi connectivity index (χ2n) is 9.76. The average molecular weight is 535 g/mol. The van der Waals surface area contributed by atoms with E-state index in [2.05, 4.69) is 18.3 Å². The van der Waals surface area contributed by atoms with Crippen LogP contribution in [0.2, 0.25) is 5.02 Å². The summed E-state index contributed by atoms with van der Waals surface area (Å²) in [6.45, 7) is 2.46. The minimum Gasteiger partial charge on any atom is -0.352 e. The smallest absolute Gasteiger partial charge is 0.243 e. The molecule has 1 atom stereocenters. The number of rotatable bonds is 11. The van der Waals surface area contributed by atoms with Gasteiger partial charge >= 0.3 is 0 Å². The highest BCUT2D eigenvalue weighted by Gasteiger charge is 2.32. The standard InChI is InChI=1S/C31H35ClN2O2S/c1-23-9-5-6-12-26(23)20-34(30(35)22-37-21-25-15-17-27(32)18-16-25)29(19-24-10-3-2-4-11-24)31(36)33-28-13-7-8-14-28/h2-6,9-12,15-18,28-29H,7-8,13-14,19-22H2,1H3,(H,33,36)/t29-/m0/s1. The van der Waals surface area contributed by atoms with E-state index in [-0.39, 0.29) is 17.9 Å². The second-order valence-corrected chi connectivity index (χ2v) is 11.2. The highest BCUT2D eigenvalue weighted by molar-refractivity contribution is 7.99. The van der Waals surface area contributed by atoms with Crippen molar-refractivity contribution in [2.45, 2.75) is 63.4 Å². The Morgan fingerprint density at radius 2 is 1.62 bits per heavy atom. The average Bonchev–Trinajstić information content (AvgIpc) is 3.42. The summed E-state index contributed by atoms with van der Waals surface area (Å²) in [5, 5.41) is 3.97. The van der Waals surface area contributed by atoms with Gasteiger partial charge in [-0.15, -0.1) is 11.8 Å². The molecule has 3 aromatic rings. The van der Waals surface area contributed by atoms with Gasteiger partial charge in [-0.1, -0.05) is 91.2 Å². The summed E-state index contributed by atoms with van der Waals surface area (Å²) in [6.07, 6.45) is 4.78. The predicted octanol–water partition coefficient (Wildman–Crippen LogP) is 6.58. The van der Waals surface area contributed by atoms with E-state index in [0.29, 0.717) is 29.5 Å². The Hall–Kier alpha value is -2.76. The fourth-order valence-electron chi connectivity index (χ4n) is 4.81. The Bertz CT molecular complexity index is 1160. The van der Waals surface area contributed by atoms with E-state index >= 15 is 0 Å². The molecule has 1 saturated carbocycles. The van der Waals surface area contributed by atoms with E-state index in [0.717, 1.165) is 47.9 Å². The molecule has 4 rings (SSSR count). The Morgan fingerprint density at radius 3 is 2.32 bits per heavy atom. The van der Waals surface area contributed by atoms with Crippen LogP contribution < -0.4 is 5.32 Å². The summed E-state index contributed by atoms with van der Waals surface area (Å²) in [4.78, 5) is 29.3. The molecule has 4 nitrogen and oxygen atoms in total. The first-order valence-corrected chi connectivity index (χ1v) is 14.5. The summed E-state index contributed by atoms with van der Waals surface area (Å²) >= 11 is 7.58. The molecule has 0 spiro atoms. The van der Waals surface area contributed by atoms with Gasteiger partial charge in [0.25, 0.3) is 0 Å². The van der Waals surface area contributed by atoms with E-state index in [9.17, 15) is 9.59 Å². The van der Waals surface area contributed by atoms with Crippen molar-refractivity contribution in [1.29, 1.82) is 0 Å². The van der Waals surface area contributed by atoms with Crippen molar-refractivity contribution in [3.05, 3.63) is 106 Å². The van der Waals surface area contributed by atoms with Gasteiger partial charge in [0.2, 0.25) is 11.8 Å². The zero-order valence-corrected chi connectivity index (χ0v) is 22.9. The number of amides is 2. The Kier molecular flexibility index (Phi) is 10.1. The molecule has 0 unspecified atom stereocenters. The molecule has 1 aliphatic rings. The molecule has 3 aromatic carbocycles. The van der Waals surface area contributed by atoms with Crippen LogP contribution in [0, 0.1) is 6.92 Å². The molecule has 0 saturated heterocycles. The highest BCUT2D eigenvalue weighted by atomic mass is 35.5. The van der Waals surface area contributed by atoms with E-state index in [4.69, 9.17) is 11.6 Å². The first-order valence-electron chi connectivity index (χ1n) is 13.0. The molecule has 6 heteroatoms. The number of halogens is 1. The minimum absolute atomic E-state index is 0.0234. The van der Waals surface area contributed by atoms with Crippen LogP contribution in [0.1, 0.15) is 47.9 Å². The van der Waals surface area contributed by atoms with Gasteiger partial charge in [0.1, 0.15) is 6.04 Å². The maximum atomic E-state index is 13.8. The van der Waals surface area contributed by atoms with Crippen LogP contribution in [-0.4, -0.2) is 34.6 Å². The maximum Gasteiger partial charge on any atom is 0.243 e. The highest BCUT2D eigenvalue weighted by Crippen LogP contribution is 2.22. The predicted molar refractivity (Wildman–Crippen MR) is 154 cm³/mol. The van der Waals surface area contributed by atoms with Gasteiger partial charge in [-0.3, -0.25) is 9.59 Å². The molecule has 194 valence electrons. The SMILES string of the molecule is Cc1ccccc1CN(C(=O)CSCc1ccc(Cl)cc1)[C@@H](Cc1ccccc1)C(=O)NC1CCCC1. The van der Waals surface area contributed by atoms with Crippen molar-refractivity contribution in [2.75, 3.05) is 5.75 Å². The van der Waals surface area contributed by atoms with Crippen molar-refractivity contribution >= 4 is 35.2 Å². The normalized spacial score (nSPS) is 14.3. The van der Waals surface area contributed by atoms with Crippen LogP contribution in [0.5, 0.6) is 0 Å². The van der Waals surface area contributed by atoms with Gasteiger partial charge < -0.3 is 10.2 Å². The molecular weight excluding hydrogens is 500 g/mol. The van der Waals surface area contributed by atoms with E-state index in [1.54, 1.807) is 16.7 Å². The second kappa shape index (κ2) is 13.7. The molecule has 2 amide bonds. The van der Waals surface area contributed by atoms with Crippen LogP contribution in [0.4, 0.5) is 0 Å². The Labute approximate surface area is 229 Å². The van der Waals surface area contributed by atoms with Crippen molar-refractivity contribution < 1.29 is 9.59 Å². The summed E-state index contributed by atoms with van der Waals surface area (Å²) in [5.74, 6) is 0.931. The van der Waals surface area contributed by atoms with Crippen molar-refractivity contribution in [1.82, 2.24) is 10.2 Å². The summed E-state index contributed by atoms with van der Waals surface area (Å²) in [5.41, 5.74) is 4.34. The van der Waals surface area contributed by atoms with Crippen molar-refractivity contribution in [3.63, 3.8) is 0 Å². The molecule has 1 N–H and O–H groups in total. The number of hydrogen-bond donors (Lipinski definition) is 1. The summed E-state index contributed by atoms with van der Waals surface area (Å²) in [7, 11) is 0. The fraction of sp³-hybridized carbons (Fsp3) is 0.355. The summed E-state index contributed by atoms with van der Waals surface area (Å²) < 4.78 is 0. The number of thioether (sulfide) groups is 1. The molecule has 0 aliphatic heterocycles. The number of aryl methyl sites for hydroxylation is 1. The zero-order chi connectivity index (χ0) is 26.0. The van der Waals surface area contributed by atoms with E-state index in [1.165, 1.54) is 0 Å². The molecule has 37 heavy (non-hydrogen) atoms. The quantitative estimate of drug-likeness (QED) is 0.302. The van der Waals surface area contributed by atoms with Gasteiger partial charge in [-0.05, 0) is 54.2 Å². The third kappa shape index (κ3) is 8.11. The number of hydrogen-bond acceptors (Lipinski definition) is 3. The van der Waals surface area contributed by atoms with Crippen LogP contribution >= 0.6 is 23.4 Å². The van der Waals surface area contributed by atoms with E-state index in [1.807, 2.05) is 72.8 Å². The lowest BCUT2D eigenvalue weighted by Crippen LogP contribution is -2.52. The number of nitrogens with zero attached hydrogens (tertiary/aromatic N) is 1. The van der Waals surface area contributed by atoms with Gasteiger partial charge in [0.15, 0.2) is 0 Å². The molecule has 0 aromatic heterocycles. The number of carbonyl (C=O) groups excluding carboxylic acids is 2. The topological polar surface area (TPSA) is 49.4 Å². The summed E-state index contributed by atoms with van der Waals surface area (Å²) in [6, 6.07) is 25.4. The molecular formula is C31H35ClN2O2S. The maximum absolute atomic E-state index is 13.8. The van der Waals surface area contributed by atoms with E-state index < -0.39 is 6.04 Å². The Balaban J connectivity index is 1.56. The third-order valence-corrected chi connectivity index (χ3v) is 8.22. The van der Waals surface area contributed by atoms with Gasteiger partial charge in [0, 0.05) is 29.8 Å². The lowest BCUT2D eigenvalue weighted by molar-refractivity contribution is -0.139. The molecule has 1 aliphatic carbocycles. The Morgan fingerprint density at radius 1 is 0.946 bits per heavy atom. The van der Waals surface area contributed by atoms with Crippen LogP contribution in [0.25, 0.3) is 0 Å². The van der Waals surface area contributed by atoms with Crippen molar-refractivity contribution in [2.24, 2.45) is 0 Å². The monoisotopic (exact) mass is 534 g/mol. The largest absolute Gasteiger partial charge is 0.352 e. The first-order chi connectivity index (χ1) is 18.0. The van der Waals surface area contributed by atoms with Crippen molar-refractivity contribution in [3.8, 4) is 0 Å². The van der Waals surface area contributed by atoms with Crippen LogP contribution in [-0.2, 0) is 28.3 Å². The zero-order valence-electron chi connectivity index (χ0n) is 21.4.